The second kappa shape index (κ2) is 11.0. The predicted molar refractivity (Wildman–Crippen MR) is 122 cm³/mol. The van der Waals surface area contributed by atoms with Crippen LogP contribution in [0.3, 0.4) is 0 Å². The van der Waals surface area contributed by atoms with Crippen molar-refractivity contribution in [1.82, 2.24) is 30.3 Å². The molecule has 0 radical (unpaired) electrons. The number of aromatic nitrogens is 4. The van der Waals surface area contributed by atoms with E-state index in [1.54, 1.807) is 0 Å². The number of aryl methyl sites for hydroxylation is 2. The van der Waals surface area contributed by atoms with Crippen LogP contribution >= 0.6 is 0 Å². The first-order valence-electron chi connectivity index (χ1n) is 10.9. The van der Waals surface area contributed by atoms with Crippen molar-refractivity contribution in [1.29, 1.82) is 0 Å². The number of nitrogens with one attached hydrogen (secondary N) is 3. The first-order valence-corrected chi connectivity index (χ1v) is 10.9. The molecule has 10 nitrogen and oxygen atoms in total. The monoisotopic (exact) mass is 442 g/mol. The lowest BCUT2D eigenvalue weighted by Crippen LogP contribution is -2.30. The van der Waals surface area contributed by atoms with E-state index in [0.717, 1.165) is 29.5 Å². The molecule has 0 aromatic heterocycles. The Kier molecular flexibility index (Phi) is 8.07. The van der Waals surface area contributed by atoms with Crippen LogP contribution in [0.1, 0.15) is 43.7 Å². The number of hydrogen-bond acceptors (Lipinski definition) is 7. The summed E-state index contributed by atoms with van der Waals surface area (Å²) in [4.78, 5) is 51.6. The fourth-order valence-corrected chi connectivity index (χ4v) is 3.37. The van der Waals surface area contributed by atoms with Crippen LogP contribution < -0.4 is 22.0 Å². The number of amides is 1. The van der Waals surface area contributed by atoms with E-state index in [4.69, 9.17) is 4.84 Å². The van der Waals surface area contributed by atoms with Gasteiger partial charge in [0.1, 0.15) is 0 Å². The Morgan fingerprint density at radius 1 is 1.12 bits per heavy atom. The Morgan fingerprint density at radius 3 is 2.69 bits per heavy atom. The predicted octanol–water partition coefficient (Wildman–Crippen LogP) is 1.42. The van der Waals surface area contributed by atoms with Gasteiger partial charge in [-0.3, -0.25) is 19.4 Å². The average Bonchev–Trinajstić information content (AvgIpc) is 2.75. The van der Waals surface area contributed by atoms with Gasteiger partial charge in [-0.05, 0) is 56.5 Å². The van der Waals surface area contributed by atoms with Crippen molar-refractivity contribution in [2.24, 2.45) is 0 Å². The van der Waals surface area contributed by atoms with Gasteiger partial charge in [0.05, 0.1) is 17.6 Å². The molecule has 2 aliphatic heterocycles. The van der Waals surface area contributed by atoms with E-state index in [1.165, 1.54) is 0 Å². The number of hydroxylamine groups is 1. The fraction of sp³-hybridized carbons (Fsp3) is 0.500. The van der Waals surface area contributed by atoms with Gasteiger partial charge in [-0.15, -0.1) is 0 Å². The second-order valence-corrected chi connectivity index (χ2v) is 7.81. The van der Waals surface area contributed by atoms with Crippen LogP contribution in [0.5, 0.6) is 0 Å². The largest absolute Gasteiger partial charge is 0.349 e. The number of hydrogen-bond donors (Lipinski definition) is 3. The Hall–Kier alpha value is -3.11. The summed E-state index contributed by atoms with van der Waals surface area (Å²) < 4.78 is 1.85. The molecule has 2 aliphatic rings. The van der Waals surface area contributed by atoms with Gasteiger partial charge in [0, 0.05) is 19.5 Å². The van der Waals surface area contributed by atoms with E-state index in [0.29, 0.717) is 44.6 Å². The lowest BCUT2D eigenvalue weighted by molar-refractivity contribution is -0.133. The molecule has 0 saturated heterocycles. The molecule has 32 heavy (non-hydrogen) atoms. The molecule has 1 amide bonds. The summed E-state index contributed by atoms with van der Waals surface area (Å²) in [7, 11) is 0. The van der Waals surface area contributed by atoms with Crippen LogP contribution in [0, 0.1) is 13.8 Å². The summed E-state index contributed by atoms with van der Waals surface area (Å²) >= 11 is 0. The van der Waals surface area contributed by atoms with E-state index in [1.807, 2.05) is 30.5 Å². The van der Waals surface area contributed by atoms with Crippen LogP contribution in [0.25, 0.3) is 22.6 Å². The number of benzene rings is 1. The molecule has 10 heteroatoms. The van der Waals surface area contributed by atoms with Crippen molar-refractivity contribution < 1.29 is 9.63 Å². The summed E-state index contributed by atoms with van der Waals surface area (Å²) in [5.74, 6) is 0.126. The minimum absolute atomic E-state index is 0.138. The molecule has 1 aromatic rings. The molecule has 172 valence electrons. The molecule has 0 spiro atoms. The lowest BCUT2D eigenvalue weighted by Gasteiger charge is -2.18. The first-order chi connectivity index (χ1) is 15.4. The highest BCUT2D eigenvalue weighted by molar-refractivity contribution is 5.81. The van der Waals surface area contributed by atoms with Gasteiger partial charge < -0.3 is 9.88 Å². The molecular weight excluding hydrogens is 412 g/mol. The zero-order valence-electron chi connectivity index (χ0n) is 18.8. The Balaban J connectivity index is 1.66. The number of unbranched alkanes of at least 4 members (excludes halogenated alkanes) is 1. The maximum Gasteiger partial charge on any atom is 0.349 e. The van der Waals surface area contributed by atoms with Crippen LogP contribution in [0.2, 0.25) is 0 Å². The van der Waals surface area contributed by atoms with Crippen molar-refractivity contribution in [3.63, 3.8) is 0 Å². The maximum atomic E-state index is 12.3. The standard InChI is InChI=1S/C22H30N6O4/c1-4-5-11-32-27-18(29)7-6-8-23-9-10-28-17-13-15(3)14(2)12-16(17)24-19-20(28)25-22(31)26-21(19)30/h12-13,23H,4-11H2,1-3H3,(H,27,29)(H,26,30,31). The van der Waals surface area contributed by atoms with E-state index in [2.05, 4.69) is 32.7 Å². The van der Waals surface area contributed by atoms with E-state index in [-0.39, 0.29) is 17.4 Å². The Labute approximate surface area is 185 Å². The maximum absolute atomic E-state index is 12.3. The third kappa shape index (κ3) is 5.77. The highest BCUT2D eigenvalue weighted by atomic mass is 16.6. The van der Waals surface area contributed by atoms with Crippen molar-refractivity contribution in [3.05, 3.63) is 44.1 Å². The number of aromatic amines is 1. The summed E-state index contributed by atoms with van der Waals surface area (Å²) in [6.45, 7) is 8.27. The van der Waals surface area contributed by atoms with Crippen LogP contribution in [-0.4, -0.2) is 45.1 Å². The molecule has 0 aliphatic carbocycles. The van der Waals surface area contributed by atoms with Gasteiger partial charge in [0.2, 0.25) is 5.91 Å². The number of carbonyl (C=O) groups excluding carboxylic acids is 1. The van der Waals surface area contributed by atoms with Crippen molar-refractivity contribution in [2.45, 2.75) is 53.0 Å². The Morgan fingerprint density at radius 2 is 1.91 bits per heavy atom. The molecular formula is C22H30N6O4. The number of fused-ring (bicyclic) bond motifs is 2. The normalized spacial score (nSPS) is 11.3. The average molecular weight is 443 g/mol. The third-order valence-electron chi connectivity index (χ3n) is 5.28. The molecule has 0 bridgehead atoms. The van der Waals surface area contributed by atoms with Gasteiger partial charge in [0.25, 0.3) is 5.56 Å². The smallest absolute Gasteiger partial charge is 0.321 e. The molecule has 0 unspecified atom stereocenters. The van der Waals surface area contributed by atoms with Crippen molar-refractivity contribution in [2.75, 3.05) is 19.7 Å². The number of carbonyl (C=O) groups is 1. The SMILES string of the molecule is CCCCONC(=O)CCCNCCn1c2nc(=O)[nH]c(=O)c-2nc2cc(C)c(C)cc21. The summed E-state index contributed by atoms with van der Waals surface area (Å²) in [5, 5.41) is 3.30. The van der Waals surface area contributed by atoms with E-state index in [9.17, 15) is 14.4 Å². The fourth-order valence-electron chi connectivity index (χ4n) is 3.37. The van der Waals surface area contributed by atoms with Gasteiger partial charge in [0.15, 0.2) is 11.5 Å². The molecule has 0 saturated carbocycles. The summed E-state index contributed by atoms with van der Waals surface area (Å²) in [6, 6.07) is 3.92. The zero-order chi connectivity index (χ0) is 23.1. The van der Waals surface area contributed by atoms with Gasteiger partial charge in [-0.1, -0.05) is 13.3 Å². The van der Waals surface area contributed by atoms with Crippen molar-refractivity contribution >= 4 is 16.9 Å². The number of H-pyrrole nitrogens is 1. The topological polar surface area (TPSA) is 131 Å². The zero-order valence-corrected chi connectivity index (χ0v) is 18.8. The highest BCUT2D eigenvalue weighted by Gasteiger charge is 2.19. The molecule has 3 N–H and O–H groups in total. The minimum Gasteiger partial charge on any atom is -0.321 e. The van der Waals surface area contributed by atoms with E-state index < -0.39 is 11.2 Å². The van der Waals surface area contributed by atoms with Crippen molar-refractivity contribution in [3.8, 4) is 11.5 Å². The van der Waals surface area contributed by atoms with Crippen LogP contribution in [0.15, 0.2) is 21.7 Å². The molecule has 0 atom stereocenters. The van der Waals surface area contributed by atoms with Gasteiger partial charge in [-0.2, -0.15) is 4.98 Å². The van der Waals surface area contributed by atoms with Crippen LogP contribution in [-0.2, 0) is 16.2 Å². The summed E-state index contributed by atoms with van der Waals surface area (Å²) in [5.41, 5.74) is 4.98. The van der Waals surface area contributed by atoms with Gasteiger partial charge in [-0.25, -0.2) is 15.3 Å². The summed E-state index contributed by atoms with van der Waals surface area (Å²) in [6.07, 6.45) is 2.94. The molecule has 1 aromatic carbocycles. The Bertz CT molecular complexity index is 1170. The third-order valence-corrected chi connectivity index (χ3v) is 5.28. The first kappa shape index (κ1) is 23.6. The van der Waals surface area contributed by atoms with Crippen LogP contribution in [0.4, 0.5) is 0 Å². The highest BCUT2D eigenvalue weighted by Crippen LogP contribution is 2.23. The molecule has 0 fully saturated rings. The molecule has 2 heterocycles. The van der Waals surface area contributed by atoms with E-state index >= 15 is 0 Å². The second-order valence-electron chi connectivity index (χ2n) is 7.81. The quantitative estimate of drug-likeness (QED) is 0.232. The molecule has 3 rings (SSSR count). The number of nitrogens with zero attached hydrogens (tertiary/aromatic N) is 3. The number of rotatable bonds is 11. The van der Waals surface area contributed by atoms with Gasteiger partial charge >= 0.3 is 5.69 Å². The lowest BCUT2D eigenvalue weighted by atomic mass is 10.1. The minimum atomic E-state index is -0.693.